The highest BCUT2D eigenvalue weighted by molar-refractivity contribution is 5.26. The zero-order valence-electron chi connectivity index (χ0n) is 8.29. The molecule has 1 aliphatic rings. The van der Waals surface area contributed by atoms with Gasteiger partial charge in [0.05, 0.1) is 6.61 Å². The first-order valence-corrected chi connectivity index (χ1v) is 4.96. The molecule has 70 valence electrons. The lowest BCUT2D eigenvalue weighted by molar-refractivity contribution is 0.415. The molecule has 1 heteroatoms. The standard InChI is InChI=1S/C12H16O/c1-9(2)7-10-3-5-11(6-4-10)12-8-13-12/h3-6,9,12H,7-8H2,1-2H3/t12-/m0/s1. The van der Waals surface area contributed by atoms with Crippen molar-refractivity contribution < 1.29 is 4.74 Å². The minimum atomic E-state index is 0.396. The molecule has 0 radical (unpaired) electrons. The predicted molar refractivity (Wildman–Crippen MR) is 53.7 cm³/mol. The van der Waals surface area contributed by atoms with Crippen molar-refractivity contribution in [2.45, 2.75) is 26.4 Å². The second-order valence-electron chi connectivity index (χ2n) is 4.16. The minimum Gasteiger partial charge on any atom is -0.368 e. The molecule has 1 aliphatic heterocycles. The van der Waals surface area contributed by atoms with Crippen molar-refractivity contribution in [2.75, 3.05) is 6.61 Å². The Kier molecular flexibility index (Phi) is 2.36. The van der Waals surface area contributed by atoms with Gasteiger partial charge in [-0.3, -0.25) is 0 Å². The Morgan fingerprint density at radius 2 is 1.92 bits per heavy atom. The first kappa shape index (κ1) is 8.76. The summed E-state index contributed by atoms with van der Waals surface area (Å²) in [5, 5.41) is 0. The van der Waals surface area contributed by atoms with E-state index in [-0.39, 0.29) is 0 Å². The monoisotopic (exact) mass is 176 g/mol. The van der Waals surface area contributed by atoms with Gasteiger partial charge in [0, 0.05) is 0 Å². The lowest BCUT2D eigenvalue weighted by Gasteiger charge is -2.04. The van der Waals surface area contributed by atoms with Crippen LogP contribution in [0.25, 0.3) is 0 Å². The molecule has 1 saturated heterocycles. The summed E-state index contributed by atoms with van der Waals surface area (Å²) in [5.41, 5.74) is 2.76. The first-order valence-electron chi connectivity index (χ1n) is 4.96. The van der Waals surface area contributed by atoms with Gasteiger partial charge in [-0.2, -0.15) is 0 Å². The van der Waals surface area contributed by atoms with Crippen molar-refractivity contribution >= 4 is 0 Å². The Labute approximate surface area is 79.7 Å². The smallest absolute Gasteiger partial charge is 0.106 e. The Morgan fingerprint density at radius 3 is 2.38 bits per heavy atom. The van der Waals surface area contributed by atoms with Crippen LogP contribution in [-0.4, -0.2) is 6.61 Å². The number of ether oxygens (including phenoxy) is 1. The van der Waals surface area contributed by atoms with E-state index in [0.717, 1.165) is 12.5 Å². The third-order valence-electron chi connectivity index (χ3n) is 2.33. The van der Waals surface area contributed by atoms with Crippen molar-refractivity contribution in [2.24, 2.45) is 5.92 Å². The third kappa shape index (κ3) is 2.31. The van der Waals surface area contributed by atoms with Crippen LogP contribution in [0, 0.1) is 5.92 Å². The number of hydrogen-bond donors (Lipinski definition) is 0. The molecule has 0 aromatic heterocycles. The normalized spacial score (nSPS) is 20.7. The molecular weight excluding hydrogens is 160 g/mol. The summed E-state index contributed by atoms with van der Waals surface area (Å²) < 4.78 is 5.22. The van der Waals surface area contributed by atoms with Crippen molar-refractivity contribution in [3.8, 4) is 0 Å². The van der Waals surface area contributed by atoms with Crippen LogP contribution in [0.1, 0.15) is 31.1 Å². The van der Waals surface area contributed by atoms with Gasteiger partial charge in [-0.25, -0.2) is 0 Å². The van der Waals surface area contributed by atoms with Gasteiger partial charge < -0.3 is 4.74 Å². The largest absolute Gasteiger partial charge is 0.368 e. The van der Waals surface area contributed by atoms with Crippen LogP contribution in [0.4, 0.5) is 0 Å². The predicted octanol–water partition coefficient (Wildman–Crippen LogP) is 2.96. The number of epoxide rings is 1. The molecule has 13 heavy (non-hydrogen) atoms. The van der Waals surface area contributed by atoms with E-state index in [1.807, 2.05) is 0 Å². The van der Waals surface area contributed by atoms with Gasteiger partial charge in [-0.1, -0.05) is 38.1 Å². The molecule has 0 N–H and O–H groups in total. The molecule has 0 amide bonds. The maximum atomic E-state index is 5.22. The molecule has 1 aromatic carbocycles. The average Bonchev–Trinajstić information content (AvgIpc) is 2.87. The summed E-state index contributed by atoms with van der Waals surface area (Å²) in [5.74, 6) is 0.739. The SMILES string of the molecule is CC(C)Cc1ccc([C@@H]2CO2)cc1. The highest BCUT2D eigenvalue weighted by Gasteiger charge is 2.24. The Bertz CT molecular complexity index is 270. The Balaban J connectivity index is 2.04. The van der Waals surface area contributed by atoms with Gasteiger partial charge in [-0.05, 0) is 23.5 Å². The number of benzene rings is 1. The highest BCUT2D eigenvalue weighted by atomic mass is 16.6. The minimum absolute atomic E-state index is 0.396. The van der Waals surface area contributed by atoms with Gasteiger partial charge in [0.2, 0.25) is 0 Å². The quantitative estimate of drug-likeness (QED) is 0.645. The average molecular weight is 176 g/mol. The molecule has 0 unspecified atom stereocenters. The summed E-state index contributed by atoms with van der Waals surface area (Å²) >= 11 is 0. The molecule has 1 atom stereocenters. The second-order valence-corrected chi connectivity index (χ2v) is 4.16. The molecule has 1 fully saturated rings. The summed E-state index contributed by atoms with van der Waals surface area (Å²) in [6.45, 7) is 5.40. The summed E-state index contributed by atoms with van der Waals surface area (Å²) in [4.78, 5) is 0. The molecule has 0 spiro atoms. The van der Waals surface area contributed by atoms with E-state index in [4.69, 9.17) is 4.74 Å². The van der Waals surface area contributed by atoms with E-state index in [1.54, 1.807) is 0 Å². The molecule has 0 aliphatic carbocycles. The van der Waals surface area contributed by atoms with Gasteiger partial charge in [0.25, 0.3) is 0 Å². The Hall–Kier alpha value is -0.820. The van der Waals surface area contributed by atoms with Crippen LogP contribution in [-0.2, 0) is 11.2 Å². The lowest BCUT2D eigenvalue weighted by Crippen LogP contribution is -1.93. The van der Waals surface area contributed by atoms with E-state index in [9.17, 15) is 0 Å². The van der Waals surface area contributed by atoms with E-state index in [0.29, 0.717) is 6.10 Å². The van der Waals surface area contributed by atoms with Crippen molar-refractivity contribution in [3.63, 3.8) is 0 Å². The van der Waals surface area contributed by atoms with Crippen LogP contribution in [0.2, 0.25) is 0 Å². The highest BCUT2D eigenvalue weighted by Crippen LogP contribution is 2.29. The zero-order chi connectivity index (χ0) is 9.26. The number of hydrogen-bond acceptors (Lipinski definition) is 1. The molecule has 0 saturated carbocycles. The topological polar surface area (TPSA) is 12.5 Å². The fourth-order valence-corrected chi connectivity index (χ4v) is 1.58. The maximum absolute atomic E-state index is 5.22. The van der Waals surface area contributed by atoms with E-state index < -0.39 is 0 Å². The summed E-state index contributed by atoms with van der Waals surface area (Å²) in [6.07, 6.45) is 1.57. The van der Waals surface area contributed by atoms with Crippen LogP contribution >= 0.6 is 0 Å². The molecule has 1 aromatic rings. The lowest BCUT2D eigenvalue weighted by atomic mass is 10.0. The fourth-order valence-electron chi connectivity index (χ4n) is 1.58. The third-order valence-corrected chi connectivity index (χ3v) is 2.33. The maximum Gasteiger partial charge on any atom is 0.106 e. The molecule has 2 rings (SSSR count). The van der Waals surface area contributed by atoms with Crippen molar-refractivity contribution in [1.82, 2.24) is 0 Å². The van der Waals surface area contributed by atoms with E-state index >= 15 is 0 Å². The second kappa shape index (κ2) is 3.51. The fraction of sp³-hybridized carbons (Fsp3) is 0.500. The van der Waals surface area contributed by atoms with Gasteiger partial charge in [0.15, 0.2) is 0 Å². The molecular formula is C12H16O. The van der Waals surface area contributed by atoms with Crippen molar-refractivity contribution in [3.05, 3.63) is 35.4 Å². The number of rotatable bonds is 3. The first-order chi connectivity index (χ1) is 6.25. The zero-order valence-corrected chi connectivity index (χ0v) is 8.29. The van der Waals surface area contributed by atoms with E-state index in [1.165, 1.54) is 17.5 Å². The van der Waals surface area contributed by atoms with Crippen molar-refractivity contribution in [1.29, 1.82) is 0 Å². The van der Waals surface area contributed by atoms with Gasteiger partial charge in [0.1, 0.15) is 6.10 Å². The molecule has 1 nitrogen and oxygen atoms in total. The molecule has 0 bridgehead atoms. The molecule has 1 heterocycles. The van der Waals surface area contributed by atoms with Gasteiger partial charge in [-0.15, -0.1) is 0 Å². The van der Waals surface area contributed by atoms with E-state index in [2.05, 4.69) is 38.1 Å². The van der Waals surface area contributed by atoms with Crippen LogP contribution in [0.15, 0.2) is 24.3 Å². The van der Waals surface area contributed by atoms with Crippen LogP contribution < -0.4 is 0 Å². The summed E-state index contributed by atoms with van der Waals surface area (Å²) in [6, 6.07) is 8.82. The summed E-state index contributed by atoms with van der Waals surface area (Å²) in [7, 11) is 0. The van der Waals surface area contributed by atoms with Crippen LogP contribution in [0.3, 0.4) is 0 Å². The van der Waals surface area contributed by atoms with Crippen LogP contribution in [0.5, 0.6) is 0 Å². The Morgan fingerprint density at radius 1 is 1.31 bits per heavy atom. The van der Waals surface area contributed by atoms with Gasteiger partial charge >= 0.3 is 0 Å².